The van der Waals surface area contributed by atoms with Crippen LogP contribution in [0.4, 0.5) is 13.2 Å². The molecule has 1 fully saturated rings. The van der Waals surface area contributed by atoms with E-state index in [1.54, 1.807) is 4.90 Å². The molecular formula is C13H14BrClF3NO. The van der Waals surface area contributed by atoms with Crippen LogP contribution < -0.4 is 4.74 Å². The van der Waals surface area contributed by atoms with E-state index in [9.17, 15) is 13.2 Å². The van der Waals surface area contributed by atoms with E-state index in [4.69, 9.17) is 16.3 Å². The van der Waals surface area contributed by atoms with Gasteiger partial charge in [-0.1, -0.05) is 11.6 Å². The average Bonchev–Trinajstić information content (AvgIpc) is 2.31. The molecule has 2 rings (SSSR count). The first kappa shape index (κ1) is 15.9. The van der Waals surface area contributed by atoms with Crippen LogP contribution in [0.3, 0.4) is 0 Å². The van der Waals surface area contributed by atoms with Crippen LogP contribution in [0.5, 0.6) is 5.75 Å². The maximum Gasteiger partial charge on any atom is 0.260 e. The van der Waals surface area contributed by atoms with Crippen molar-refractivity contribution in [3.8, 4) is 5.75 Å². The molecule has 0 atom stereocenters. The Labute approximate surface area is 129 Å². The van der Waals surface area contributed by atoms with Gasteiger partial charge in [0.2, 0.25) is 0 Å². The van der Waals surface area contributed by atoms with Gasteiger partial charge in [-0.05, 0) is 41.0 Å². The minimum absolute atomic E-state index is 0.0539. The van der Waals surface area contributed by atoms with Crippen molar-refractivity contribution in [2.75, 3.05) is 26.2 Å². The van der Waals surface area contributed by atoms with E-state index >= 15 is 0 Å². The number of ether oxygens (including phenoxy) is 1. The second kappa shape index (κ2) is 6.54. The number of rotatable bonds is 4. The summed E-state index contributed by atoms with van der Waals surface area (Å²) in [6.45, 7) is 0.835. The van der Waals surface area contributed by atoms with Gasteiger partial charge in [-0.25, -0.2) is 13.2 Å². The lowest BCUT2D eigenvalue weighted by molar-refractivity contribution is -0.0657. The molecule has 1 aliphatic heterocycles. The van der Waals surface area contributed by atoms with Crippen molar-refractivity contribution in [2.24, 2.45) is 0 Å². The minimum atomic E-state index is -2.63. The summed E-state index contributed by atoms with van der Waals surface area (Å²) >= 11 is 8.85. The molecule has 1 aromatic carbocycles. The Morgan fingerprint density at radius 3 is 2.80 bits per heavy atom. The third-order valence-electron chi connectivity index (χ3n) is 3.09. The van der Waals surface area contributed by atoms with Crippen molar-refractivity contribution in [3.63, 3.8) is 0 Å². The van der Waals surface area contributed by atoms with Crippen LogP contribution in [0, 0.1) is 5.82 Å². The summed E-state index contributed by atoms with van der Waals surface area (Å²) in [7, 11) is 0. The molecule has 0 N–H and O–H groups in total. The van der Waals surface area contributed by atoms with Crippen molar-refractivity contribution in [3.05, 3.63) is 27.4 Å². The lowest BCUT2D eigenvalue weighted by atomic mass is 10.1. The molecule has 1 aromatic rings. The van der Waals surface area contributed by atoms with Crippen LogP contribution in [0.1, 0.15) is 12.8 Å². The molecule has 0 aliphatic carbocycles. The van der Waals surface area contributed by atoms with E-state index in [1.165, 1.54) is 6.07 Å². The average molecular weight is 373 g/mol. The Morgan fingerprint density at radius 2 is 2.15 bits per heavy atom. The zero-order valence-corrected chi connectivity index (χ0v) is 13.0. The van der Waals surface area contributed by atoms with Crippen LogP contribution in [0.15, 0.2) is 16.6 Å². The van der Waals surface area contributed by atoms with E-state index in [2.05, 4.69) is 15.9 Å². The van der Waals surface area contributed by atoms with Crippen molar-refractivity contribution in [1.82, 2.24) is 4.90 Å². The van der Waals surface area contributed by atoms with Crippen LogP contribution in [0.2, 0.25) is 5.02 Å². The summed E-state index contributed by atoms with van der Waals surface area (Å²) in [5.74, 6) is -3.16. The number of benzene rings is 1. The highest BCUT2D eigenvalue weighted by molar-refractivity contribution is 9.10. The fraction of sp³-hybridized carbons (Fsp3) is 0.538. The molecule has 7 heteroatoms. The molecule has 1 heterocycles. The lowest BCUT2D eigenvalue weighted by Crippen LogP contribution is -2.44. The number of nitrogens with zero attached hydrogens (tertiary/aromatic N) is 1. The van der Waals surface area contributed by atoms with Gasteiger partial charge in [0, 0.05) is 18.0 Å². The first-order valence-electron chi connectivity index (χ1n) is 6.25. The van der Waals surface area contributed by atoms with Crippen molar-refractivity contribution < 1.29 is 17.9 Å². The van der Waals surface area contributed by atoms with Gasteiger partial charge in [0.25, 0.3) is 5.92 Å². The topological polar surface area (TPSA) is 12.5 Å². The summed E-state index contributed by atoms with van der Waals surface area (Å²) in [5.41, 5.74) is 0. The van der Waals surface area contributed by atoms with Gasteiger partial charge in [-0.3, -0.25) is 4.90 Å². The minimum Gasteiger partial charge on any atom is -0.488 e. The van der Waals surface area contributed by atoms with Crippen molar-refractivity contribution in [1.29, 1.82) is 0 Å². The highest BCUT2D eigenvalue weighted by Crippen LogP contribution is 2.31. The molecule has 0 amide bonds. The molecule has 1 saturated heterocycles. The molecule has 112 valence electrons. The molecule has 20 heavy (non-hydrogen) atoms. The van der Waals surface area contributed by atoms with E-state index in [0.29, 0.717) is 24.0 Å². The summed E-state index contributed by atoms with van der Waals surface area (Å²) in [6.07, 6.45) is 0.397. The van der Waals surface area contributed by atoms with Gasteiger partial charge in [0.1, 0.15) is 6.61 Å². The van der Waals surface area contributed by atoms with Gasteiger partial charge in [-0.2, -0.15) is 0 Å². The number of piperidine rings is 1. The predicted molar refractivity (Wildman–Crippen MR) is 75.2 cm³/mol. The van der Waals surface area contributed by atoms with Crippen LogP contribution in [-0.2, 0) is 0 Å². The Bertz CT molecular complexity index is 464. The van der Waals surface area contributed by atoms with Gasteiger partial charge in [-0.15, -0.1) is 0 Å². The molecule has 1 aliphatic rings. The van der Waals surface area contributed by atoms with Crippen LogP contribution in [-0.4, -0.2) is 37.1 Å². The molecule has 0 bridgehead atoms. The van der Waals surface area contributed by atoms with E-state index in [1.807, 2.05) is 0 Å². The summed E-state index contributed by atoms with van der Waals surface area (Å²) in [5, 5.41) is 0.261. The summed E-state index contributed by atoms with van der Waals surface area (Å²) in [6, 6.07) is 2.67. The monoisotopic (exact) mass is 371 g/mol. The lowest BCUT2D eigenvalue weighted by Gasteiger charge is -2.32. The van der Waals surface area contributed by atoms with Crippen molar-refractivity contribution in [2.45, 2.75) is 18.8 Å². The van der Waals surface area contributed by atoms with Gasteiger partial charge < -0.3 is 4.74 Å². The highest BCUT2D eigenvalue weighted by Gasteiger charge is 2.34. The van der Waals surface area contributed by atoms with Gasteiger partial charge >= 0.3 is 0 Å². The quantitative estimate of drug-likeness (QED) is 0.779. The standard InChI is InChI=1S/C13H14BrClF3NO/c14-10-6-9(15)7-11(16)12(10)20-5-4-19-3-1-2-13(17,18)8-19/h6-7H,1-5,8H2. The molecule has 0 aromatic heterocycles. The summed E-state index contributed by atoms with van der Waals surface area (Å²) in [4.78, 5) is 1.63. The second-order valence-corrected chi connectivity index (χ2v) is 6.07. The number of alkyl halides is 2. The molecule has 0 unspecified atom stereocenters. The zero-order chi connectivity index (χ0) is 14.8. The zero-order valence-electron chi connectivity index (χ0n) is 10.6. The van der Waals surface area contributed by atoms with Crippen LogP contribution in [0.25, 0.3) is 0 Å². The number of hydrogen-bond acceptors (Lipinski definition) is 2. The van der Waals surface area contributed by atoms with Crippen LogP contribution >= 0.6 is 27.5 Å². The predicted octanol–water partition coefficient (Wildman–Crippen LogP) is 4.35. The number of halogens is 5. The van der Waals surface area contributed by atoms with E-state index < -0.39 is 11.7 Å². The Balaban J connectivity index is 1.87. The molecule has 2 nitrogen and oxygen atoms in total. The summed E-state index contributed by atoms with van der Waals surface area (Å²) < 4.78 is 45.8. The van der Waals surface area contributed by atoms with Gasteiger partial charge in [0.15, 0.2) is 11.6 Å². The Kier molecular flexibility index (Phi) is 5.20. The SMILES string of the molecule is Fc1cc(Cl)cc(Br)c1OCCN1CCCC(F)(F)C1. The van der Waals surface area contributed by atoms with E-state index in [0.717, 1.165) is 6.07 Å². The third-order valence-corrected chi connectivity index (χ3v) is 3.90. The number of likely N-dealkylation sites (tertiary alicyclic amines) is 1. The van der Waals surface area contributed by atoms with E-state index in [-0.39, 0.29) is 30.3 Å². The Morgan fingerprint density at radius 1 is 1.40 bits per heavy atom. The second-order valence-electron chi connectivity index (χ2n) is 4.78. The maximum absolute atomic E-state index is 13.6. The first-order chi connectivity index (χ1) is 9.37. The largest absolute Gasteiger partial charge is 0.488 e. The molecule has 0 radical (unpaired) electrons. The fourth-order valence-corrected chi connectivity index (χ4v) is 3.07. The molecule has 0 saturated carbocycles. The van der Waals surface area contributed by atoms with Crippen molar-refractivity contribution >= 4 is 27.5 Å². The highest BCUT2D eigenvalue weighted by atomic mass is 79.9. The third kappa shape index (κ3) is 4.27. The smallest absolute Gasteiger partial charge is 0.260 e. The first-order valence-corrected chi connectivity index (χ1v) is 7.42. The Hall–Kier alpha value is -0.460. The molecular weight excluding hydrogens is 359 g/mol. The molecule has 0 spiro atoms. The fourth-order valence-electron chi connectivity index (χ4n) is 2.18. The normalized spacial score (nSPS) is 19.1. The number of hydrogen-bond donors (Lipinski definition) is 0. The van der Waals surface area contributed by atoms with Gasteiger partial charge in [0.05, 0.1) is 11.0 Å². The maximum atomic E-state index is 13.6.